The molecule has 3 fully saturated rings. The van der Waals surface area contributed by atoms with Gasteiger partial charge in [-0.15, -0.1) is 0 Å². The third kappa shape index (κ3) is 2.06. The van der Waals surface area contributed by atoms with Gasteiger partial charge in [-0.05, 0) is 37.5 Å². The molecule has 0 aliphatic carbocycles. The number of nitrogens with one attached hydrogen (secondary N) is 1. The highest BCUT2D eigenvalue weighted by atomic mass is 16.6. The van der Waals surface area contributed by atoms with Gasteiger partial charge in [0, 0.05) is 23.7 Å². The number of H-pyrrole nitrogens is 1. The number of benzene rings is 1. The molecule has 6 nitrogen and oxygen atoms in total. The summed E-state index contributed by atoms with van der Waals surface area (Å²) >= 11 is 0. The van der Waals surface area contributed by atoms with E-state index in [1.165, 1.54) is 7.11 Å². The molecule has 1 aromatic carbocycles. The number of epoxide rings is 1. The summed E-state index contributed by atoms with van der Waals surface area (Å²) in [5.74, 6) is -0.214. The van der Waals surface area contributed by atoms with Gasteiger partial charge in [-0.3, -0.25) is 4.79 Å². The number of fused-ring (bicyclic) bond motifs is 1. The van der Waals surface area contributed by atoms with Crippen molar-refractivity contribution in [2.75, 3.05) is 40.5 Å². The number of aromatic nitrogens is 1. The van der Waals surface area contributed by atoms with Crippen LogP contribution in [0.1, 0.15) is 12.1 Å². The molecule has 1 N–H and O–H groups in total. The van der Waals surface area contributed by atoms with Gasteiger partial charge < -0.3 is 24.1 Å². The Morgan fingerprint density at radius 2 is 2.23 bits per heavy atom. The number of rotatable bonds is 2. The first-order valence-electron chi connectivity index (χ1n) is 9.21. The fourth-order valence-corrected chi connectivity index (χ4v) is 5.22. The van der Waals surface area contributed by atoms with Crippen LogP contribution in [-0.4, -0.2) is 68.0 Å². The monoisotopic (exact) mass is 356 g/mol. The molecule has 3 aliphatic rings. The van der Waals surface area contributed by atoms with Gasteiger partial charge in [0.25, 0.3) is 0 Å². The first-order chi connectivity index (χ1) is 12.6. The maximum Gasteiger partial charge on any atom is 0.320 e. The smallest absolute Gasteiger partial charge is 0.320 e. The molecule has 1 aromatic heterocycles. The molecule has 6 heteroatoms. The average Bonchev–Trinajstić information content (AvgIpc) is 3.14. The quantitative estimate of drug-likeness (QED) is 0.655. The van der Waals surface area contributed by atoms with Crippen molar-refractivity contribution >= 4 is 16.9 Å². The first kappa shape index (κ1) is 16.3. The molecular formula is C20H24N2O4. The molecule has 3 aliphatic heterocycles. The number of hydrogen-bond donors (Lipinski definition) is 1. The van der Waals surface area contributed by atoms with Gasteiger partial charge in [-0.2, -0.15) is 0 Å². The molecule has 0 saturated carbocycles. The molecule has 4 atom stereocenters. The molecule has 2 aromatic rings. The minimum absolute atomic E-state index is 0.0270. The zero-order valence-corrected chi connectivity index (χ0v) is 15.2. The fourth-order valence-electron chi connectivity index (χ4n) is 5.22. The summed E-state index contributed by atoms with van der Waals surface area (Å²) in [7, 11) is 3.57. The van der Waals surface area contributed by atoms with Crippen LogP contribution >= 0.6 is 0 Å². The Hall–Kier alpha value is -1.89. The summed E-state index contributed by atoms with van der Waals surface area (Å²) in [4.78, 5) is 19.0. The van der Waals surface area contributed by atoms with Crippen LogP contribution in [0.3, 0.4) is 0 Å². The van der Waals surface area contributed by atoms with Gasteiger partial charge in [0.15, 0.2) is 0 Å². The number of ether oxygens (including phenoxy) is 3. The maximum atomic E-state index is 13.2. The normalized spacial score (nSPS) is 36.8. The summed E-state index contributed by atoms with van der Waals surface area (Å²) in [5, 5.41) is 1.09. The number of likely N-dealkylation sites (N-methyl/N-ethyl adjacent to an activating group) is 1. The summed E-state index contributed by atoms with van der Waals surface area (Å²) in [6.07, 6.45) is 0.937. The minimum atomic E-state index is -0.875. The highest BCUT2D eigenvalue weighted by Crippen LogP contribution is 2.57. The Balaban J connectivity index is 1.70. The van der Waals surface area contributed by atoms with Gasteiger partial charge >= 0.3 is 5.97 Å². The SMILES string of the molecule is COC(=O)C1(c2cc3ccccc3[nH]2)COCC2OC23CN(C)CCC13. The largest absolute Gasteiger partial charge is 0.468 e. The lowest BCUT2D eigenvalue weighted by Crippen LogP contribution is -2.58. The standard InChI is InChI=1S/C20H24N2O4/c1-22-8-7-15-19(18(23)24-2,12-25-10-17-20(15,11-22)26-17)16-9-13-5-3-4-6-14(13)21-16/h3-6,9,15,17,21H,7-8,10-12H2,1-2H3. The molecule has 0 bridgehead atoms. The summed E-state index contributed by atoms with van der Waals surface area (Å²) < 4.78 is 17.5. The number of carbonyl (C=O) groups is 1. The Kier molecular flexibility index (Phi) is 3.48. The number of methoxy groups -OCH3 is 1. The van der Waals surface area contributed by atoms with E-state index in [2.05, 4.69) is 29.1 Å². The number of para-hydroxylation sites is 1. The molecule has 3 saturated heterocycles. The molecule has 138 valence electrons. The molecule has 0 amide bonds. The topological polar surface area (TPSA) is 67.1 Å². The third-order valence-electron chi connectivity index (χ3n) is 6.51. The van der Waals surface area contributed by atoms with Crippen LogP contribution in [-0.2, 0) is 24.4 Å². The van der Waals surface area contributed by atoms with E-state index < -0.39 is 5.41 Å². The van der Waals surface area contributed by atoms with Crippen LogP contribution in [0.25, 0.3) is 10.9 Å². The first-order valence-corrected chi connectivity index (χ1v) is 9.21. The lowest BCUT2D eigenvalue weighted by Gasteiger charge is -2.44. The number of nitrogens with zero attached hydrogens (tertiary/aromatic N) is 1. The molecular weight excluding hydrogens is 332 g/mol. The maximum absolute atomic E-state index is 13.2. The van der Waals surface area contributed by atoms with Crippen LogP contribution in [0.4, 0.5) is 0 Å². The number of likely N-dealkylation sites (tertiary alicyclic amines) is 1. The van der Waals surface area contributed by atoms with E-state index in [1.807, 2.05) is 18.2 Å². The summed E-state index contributed by atoms with van der Waals surface area (Å²) in [5.41, 5.74) is 0.691. The van der Waals surface area contributed by atoms with E-state index in [0.717, 1.165) is 36.1 Å². The van der Waals surface area contributed by atoms with Gasteiger partial charge in [-0.1, -0.05) is 18.2 Å². The number of carbonyl (C=O) groups excluding carboxylic acids is 1. The second kappa shape index (κ2) is 5.55. The van der Waals surface area contributed by atoms with E-state index in [4.69, 9.17) is 14.2 Å². The van der Waals surface area contributed by atoms with Crippen molar-refractivity contribution < 1.29 is 19.0 Å². The van der Waals surface area contributed by atoms with Crippen LogP contribution in [0.15, 0.2) is 30.3 Å². The molecule has 4 unspecified atom stereocenters. The highest BCUT2D eigenvalue weighted by Gasteiger charge is 2.72. The van der Waals surface area contributed by atoms with Gasteiger partial charge in [-0.25, -0.2) is 0 Å². The van der Waals surface area contributed by atoms with Crippen molar-refractivity contribution in [3.05, 3.63) is 36.0 Å². The Morgan fingerprint density at radius 3 is 3.04 bits per heavy atom. The Bertz CT molecular complexity index is 831. The predicted octanol–water partition coefficient (Wildman–Crippen LogP) is 1.70. The van der Waals surface area contributed by atoms with Crippen molar-refractivity contribution in [3.8, 4) is 0 Å². The molecule has 0 radical (unpaired) electrons. The van der Waals surface area contributed by atoms with E-state index in [-0.39, 0.29) is 23.6 Å². The fraction of sp³-hybridized carbons (Fsp3) is 0.550. The number of piperidine rings is 1. The highest BCUT2D eigenvalue weighted by molar-refractivity contribution is 5.88. The third-order valence-corrected chi connectivity index (χ3v) is 6.51. The van der Waals surface area contributed by atoms with E-state index in [9.17, 15) is 4.79 Å². The minimum Gasteiger partial charge on any atom is -0.468 e. The number of hydrogen-bond acceptors (Lipinski definition) is 5. The van der Waals surface area contributed by atoms with Crippen LogP contribution in [0, 0.1) is 5.92 Å². The molecule has 5 rings (SSSR count). The van der Waals surface area contributed by atoms with E-state index >= 15 is 0 Å². The zero-order valence-electron chi connectivity index (χ0n) is 15.2. The second-order valence-corrected chi connectivity index (χ2v) is 7.89. The van der Waals surface area contributed by atoms with Crippen molar-refractivity contribution in [3.63, 3.8) is 0 Å². The van der Waals surface area contributed by atoms with Crippen LogP contribution < -0.4 is 0 Å². The van der Waals surface area contributed by atoms with Gasteiger partial charge in [0.05, 0.1) is 20.3 Å². The lowest BCUT2D eigenvalue weighted by atomic mass is 9.64. The lowest BCUT2D eigenvalue weighted by molar-refractivity contribution is -0.156. The van der Waals surface area contributed by atoms with Crippen LogP contribution in [0.2, 0.25) is 0 Å². The number of esters is 1. The molecule has 26 heavy (non-hydrogen) atoms. The van der Waals surface area contributed by atoms with Crippen molar-refractivity contribution in [1.82, 2.24) is 9.88 Å². The average molecular weight is 356 g/mol. The predicted molar refractivity (Wildman–Crippen MR) is 96.0 cm³/mol. The van der Waals surface area contributed by atoms with Crippen molar-refractivity contribution in [1.29, 1.82) is 0 Å². The number of aromatic amines is 1. The Morgan fingerprint density at radius 1 is 1.38 bits per heavy atom. The van der Waals surface area contributed by atoms with E-state index in [0.29, 0.717) is 13.2 Å². The van der Waals surface area contributed by atoms with Gasteiger partial charge in [0.1, 0.15) is 17.1 Å². The van der Waals surface area contributed by atoms with Crippen molar-refractivity contribution in [2.45, 2.75) is 23.5 Å². The van der Waals surface area contributed by atoms with Crippen LogP contribution in [0.5, 0.6) is 0 Å². The van der Waals surface area contributed by atoms with Crippen molar-refractivity contribution in [2.24, 2.45) is 5.92 Å². The summed E-state index contributed by atoms with van der Waals surface area (Å²) in [6.45, 7) is 2.61. The summed E-state index contributed by atoms with van der Waals surface area (Å²) in [6, 6.07) is 10.2. The zero-order chi connectivity index (χ0) is 17.9. The molecule has 4 heterocycles. The van der Waals surface area contributed by atoms with E-state index in [1.54, 1.807) is 0 Å². The Labute approximate surface area is 152 Å². The van der Waals surface area contributed by atoms with Gasteiger partial charge in [0.2, 0.25) is 0 Å². The second-order valence-electron chi connectivity index (χ2n) is 7.89. The molecule has 1 spiro atoms.